The van der Waals surface area contributed by atoms with Gasteiger partial charge in [-0.15, -0.1) is 0 Å². The molecule has 0 fully saturated rings. The Morgan fingerprint density at radius 2 is 1.61 bits per heavy atom. The highest BCUT2D eigenvalue weighted by molar-refractivity contribution is 5.81. The summed E-state index contributed by atoms with van der Waals surface area (Å²) in [4.78, 5) is 45.0. The van der Waals surface area contributed by atoms with E-state index in [1.54, 1.807) is 60.8 Å². The van der Waals surface area contributed by atoms with Crippen molar-refractivity contribution < 1.29 is 0 Å². The molecule has 136 valence electrons. The summed E-state index contributed by atoms with van der Waals surface area (Å²) in [5.41, 5.74) is 0.0242. The normalized spacial score (nSPS) is 11.3. The van der Waals surface area contributed by atoms with Crippen LogP contribution >= 0.6 is 0 Å². The largest absolute Gasteiger partial charge is 0.333 e. The van der Waals surface area contributed by atoms with Gasteiger partial charge in [-0.25, -0.2) is 19.0 Å². The van der Waals surface area contributed by atoms with Crippen LogP contribution in [-0.2, 0) is 0 Å². The van der Waals surface area contributed by atoms with Crippen LogP contribution in [0.25, 0.3) is 33.3 Å². The maximum atomic E-state index is 12.8. The van der Waals surface area contributed by atoms with E-state index in [1.807, 2.05) is 0 Å². The van der Waals surface area contributed by atoms with Gasteiger partial charge >= 0.3 is 5.69 Å². The van der Waals surface area contributed by atoms with E-state index >= 15 is 0 Å². The van der Waals surface area contributed by atoms with E-state index in [9.17, 15) is 14.4 Å². The lowest BCUT2D eigenvalue weighted by molar-refractivity contribution is 0.831. The Morgan fingerprint density at radius 3 is 2.43 bits per heavy atom. The summed E-state index contributed by atoms with van der Waals surface area (Å²) in [7, 11) is 0. The molecule has 0 aliphatic heterocycles. The van der Waals surface area contributed by atoms with Crippen LogP contribution in [0, 0.1) is 0 Å². The van der Waals surface area contributed by atoms with Gasteiger partial charge in [0, 0.05) is 6.20 Å². The predicted octanol–water partition coefficient (Wildman–Crippen LogP) is 1.71. The maximum Gasteiger partial charge on any atom is 0.333 e. The minimum Gasteiger partial charge on any atom is -0.306 e. The Kier molecular flexibility index (Phi) is 3.38. The van der Waals surface area contributed by atoms with E-state index < -0.39 is 11.2 Å². The van der Waals surface area contributed by atoms with Gasteiger partial charge in [0.25, 0.3) is 11.1 Å². The number of benzene rings is 2. The van der Waals surface area contributed by atoms with Crippen LogP contribution in [0.15, 0.2) is 81.2 Å². The molecule has 0 unspecified atom stereocenters. The average molecular weight is 371 g/mol. The predicted molar refractivity (Wildman–Crippen MR) is 105 cm³/mol. The molecule has 0 amide bonds. The number of aromatic nitrogens is 5. The summed E-state index contributed by atoms with van der Waals surface area (Å²) in [6.45, 7) is 0. The van der Waals surface area contributed by atoms with E-state index in [4.69, 9.17) is 0 Å². The number of para-hydroxylation sites is 1. The van der Waals surface area contributed by atoms with Crippen LogP contribution in [0.1, 0.15) is 0 Å². The van der Waals surface area contributed by atoms with Crippen molar-refractivity contribution in [1.29, 1.82) is 0 Å². The van der Waals surface area contributed by atoms with Gasteiger partial charge in [-0.3, -0.25) is 14.7 Å². The lowest BCUT2D eigenvalue weighted by atomic mass is 10.2. The molecular weight excluding hydrogens is 358 g/mol. The van der Waals surface area contributed by atoms with Gasteiger partial charge in [-0.1, -0.05) is 18.2 Å². The third-order valence-corrected chi connectivity index (χ3v) is 4.61. The van der Waals surface area contributed by atoms with Crippen LogP contribution in [0.3, 0.4) is 0 Å². The molecule has 0 spiro atoms. The molecule has 5 rings (SSSR count). The van der Waals surface area contributed by atoms with Crippen LogP contribution in [0.5, 0.6) is 0 Å². The number of aromatic amines is 2. The molecule has 0 saturated heterocycles. The number of H-pyrrole nitrogens is 2. The van der Waals surface area contributed by atoms with Crippen molar-refractivity contribution in [3.8, 4) is 11.5 Å². The molecule has 0 saturated carbocycles. The molecule has 0 bridgehead atoms. The molecule has 5 aromatic rings. The van der Waals surface area contributed by atoms with E-state index in [0.29, 0.717) is 33.3 Å². The Morgan fingerprint density at radius 1 is 0.786 bits per heavy atom. The van der Waals surface area contributed by atoms with E-state index in [-0.39, 0.29) is 5.56 Å². The Labute approximate surface area is 156 Å². The molecule has 3 aromatic heterocycles. The average Bonchev–Trinajstić information content (AvgIpc) is 3.05. The fraction of sp³-hybridized carbons (Fsp3) is 0. The molecule has 0 aliphatic rings. The van der Waals surface area contributed by atoms with Gasteiger partial charge in [-0.05, 0) is 42.5 Å². The minimum absolute atomic E-state index is 0.314. The monoisotopic (exact) mass is 371 g/mol. The van der Waals surface area contributed by atoms with Crippen molar-refractivity contribution >= 4 is 21.8 Å². The van der Waals surface area contributed by atoms with Gasteiger partial charge in [-0.2, -0.15) is 0 Å². The smallest absolute Gasteiger partial charge is 0.306 e. The van der Waals surface area contributed by atoms with Gasteiger partial charge in [0.2, 0.25) is 0 Å². The van der Waals surface area contributed by atoms with Crippen molar-refractivity contribution in [1.82, 2.24) is 24.3 Å². The molecule has 8 nitrogen and oxygen atoms in total. The van der Waals surface area contributed by atoms with E-state index in [1.165, 1.54) is 10.7 Å². The molecule has 3 heterocycles. The lowest BCUT2D eigenvalue weighted by Gasteiger charge is -2.06. The first-order valence-electron chi connectivity index (χ1n) is 8.54. The molecule has 2 aromatic carbocycles. The van der Waals surface area contributed by atoms with Gasteiger partial charge < -0.3 is 4.98 Å². The van der Waals surface area contributed by atoms with E-state index in [2.05, 4.69) is 15.1 Å². The fourth-order valence-corrected chi connectivity index (χ4v) is 3.28. The number of rotatable bonds is 2. The molecule has 0 atom stereocenters. The fourth-order valence-electron chi connectivity index (χ4n) is 3.28. The van der Waals surface area contributed by atoms with Gasteiger partial charge in [0.1, 0.15) is 0 Å². The molecule has 8 heteroatoms. The van der Waals surface area contributed by atoms with Crippen molar-refractivity contribution in [3.05, 3.63) is 98.1 Å². The summed E-state index contributed by atoms with van der Waals surface area (Å²) < 4.78 is 2.35. The van der Waals surface area contributed by atoms with Crippen molar-refractivity contribution in [2.45, 2.75) is 0 Å². The first-order valence-corrected chi connectivity index (χ1v) is 8.54. The first kappa shape index (κ1) is 16.0. The van der Waals surface area contributed by atoms with Gasteiger partial charge in [0.15, 0.2) is 5.82 Å². The van der Waals surface area contributed by atoms with Crippen molar-refractivity contribution in [2.24, 2.45) is 0 Å². The lowest BCUT2D eigenvalue weighted by Crippen LogP contribution is -2.33. The summed E-state index contributed by atoms with van der Waals surface area (Å²) >= 11 is 0. The highest BCUT2D eigenvalue weighted by Gasteiger charge is 2.13. The highest BCUT2D eigenvalue weighted by atomic mass is 16.2. The number of nitrogens with zero attached hydrogens (tertiary/aromatic N) is 3. The van der Waals surface area contributed by atoms with E-state index in [0.717, 1.165) is 4.57 Å². The second-order valence-corrected chi connectivity index (χ2v) is 6.29. The Balaban J connectivity index is 1.77. The molecule has 2 N–H and O–H groups in total. The summed E-state index contributed by atoms with van der Waals surface area (Å²) in [6, 6.07) is 16.8. The maximum absolute atomic E-state index is 12.8. The minimum atomic E-state index is -0.566. The quantitative estimate of drug-likeness (QED) is 0.493. The Hall–Kier alpha value is -4.20. The zero-order valence-corrected chi connectivity index (χ0v) is 14.4. The third kappa shape index (κ3) is 2.32. The highest BCUT2D eigenvalue weighted by Crippen LogP contribution is 2.14. The van der Waals surface area contributed by atoms with Crippen molar-refractivity contribution in [3.63, 3.8) is 0 Å². The molecule has 0 aliphatic carbocycles. The standard InChI is InChI=1S/C20H13N5O3/c26-18-13-5-1-2-6-15(13)22-20(28)24(18)12-8-9-16-14(11-12)19(27)25(23-16)17-7-3-4-10-21-17/h1-11,23H,(H,22,28). The van der Waals surface area contributed by atoms with Gasteiger partial charge in [0.05, 0.1) is 27.5 Å². The summed E-state index contributed by atoms with van der Waals surface area (Å²) in [5.74, 6) is 0.450. The summed E-state index contributed by atoms with van der Waals surface area (Å²) in [5, 5.41) is 3.73. The molecule has 28 heavy (non-hydrogen) atoms. The number of pyridine rings is 1. The number of nitrogens with one attached hydrogen (secondary N) is 2. The zero-order valence-electron chi connectivity index (χ0n) is 14.4. The number of fused-ring (bicyclic) bond motifs is 2. The SMILES string of the molecule is O=c1c2cc(-n3c(=O)[nH]c4ccccc4c3=O)ccc2[nH]n1-c1ccccn1. The van der Waals surface area contributed by atoms with Crippen LogP contribution < -0.4 is 16.8 Å². The van der Waals surface area contributed by atoms with Crippen molar-refractivity contribution in [2.75, 3.05) is 0 Å². The first-order chi connectivity index (χ1) is 13.6. The summed E-state index contributed by atoms with van der Waals surface area (Å²) in [6.07, 6.45) is 1.59. The second kappa shape index (κ2) is 5.92. The second-order valence-electron chi connectivity index (χ2n) is 6.29. The molecular formula is C20H13N5O3. The number of hydrogen-bond acceptors (Lipinski definition) is 4. The third-order valence-electron chi connectivity index (χ3n) is 4.61. The number of hydrogen-bond donors (Lipinski definition) is 2. The van der Waals surface area contributed by atoms with Crippen LogP contribution in [-0.4, -0.2) is 24.3 Å². The topological polar surface area (TPSA) is 106 Å². The van der Waals surface area contributed by atoms with Crippen LogP contribution in [0.4, 0.5) is 0 Å². The molecule has 0 radical (unpaired) electrons. The zero-order chi connectivity index (χ0) is 19.3. The van der Waals surface area contributed by atoms with Crippen LogP contribution in [0.2, 0.25) is 0 Å². The Bertz CT molecular complexity index is 1520.